The molecule has 0 aliphatic carbocycles. The summed E-state index contributed by atoms with van der Waals surface area (Å²) in [7, 11) is 0. The highest BCUT2D eigenvalue weighted by atomic mass is 35.5. The number of halogens is 1. The zero-order valence-electron chi connectivity index (χ0n) is 14.1. The second-order valence-electron chi connectivity index (χ2n) is 5.55. The molecule has 3 rings (SSSR count). The molecule has 0 spiro atoms. The Labute approximate surface area is 170 Å². The summed E-state index contributed by atoms with van der Waals surface area (Å²) in [5, 5.41) is 8.65. The zero-order chi connectivity index (χ0) is 19.1. The number of benzene rings is 2. The highest BCUT2D eigenvalue weighted by Crippen LogP contribution is 2.21. The quantitative estimate of drug-likeness (QED) is 0.546. The predicted octanol–water partition coefficient (Wildman–Crippen LogP) is 4.71. The van der Waals surface area contributed by atoms with Crippen LogP contribution in [0.3, 0.4) is 0 Å². The number of thioether (sulfide) groups is 1. The third-order valence-corrected chi connectivity index (χ3v) is 5.42. The molecule has 1 aromatic heterocycles. The minimum Gasteiger partial charge on any atom is -0.326 e. The first kappa shape index (κ1) is 19.4. The molecule has 3 aromatic rings. The monoisotopic (exact) mass is 417 g/mol. The number of thiazole rings is 1. The second kappa shape index (κ2) is 9.55. The van der Waals surface area contributed by atoms with Crippen molar-refractivity contribution in [3.63, 3.8) is 0 Å². The van der Waals surface area contributed by atoms with E-state index in [9.17, 15) is 9.59 Å². The van der Waals surface area contributed by atoms with E-state index in [1.807, 2.05) is 41.8 Å². The van der Waals surface area contributed by atoms with E-state index in [4.69, 9.17) is 11.6 Å². The van der Waals surface area contributed by atoms with Crippen LogP contribution in [0.5, 0.6) is 0 Å². The van der Waals surface area contributed by atoms with Gasteiger partial charge in [0, 0.05) is 27.2 Å². The number of carbonyl (C=O) groups excluding carboxylic acids is 2. The minimum atomic E-state index is -0.102. The van der Waals surface area contributed by atoms with Gasteiger partial charge in [-0.2, -0.15) is 0 Å². The molecule has 2 N–H and O–H groups in total. The number of hydrogen-bond acceptors (Lipinski definition) is 5. The number of aromatic nitrogens is 1. The Morgan fingerprint density at radius 2 is 1.74 bits per heavy atom. The summed E-state index contributed by atoms with van der Waals surface area (Å²) in [4.78, 5) is 28.9. The third kappa shape index (κ3) is 6.39. The first-order valence-electron chi connectivity index (χ1n) is 8.05. The molecule has 5 nitrogen and oxygen atoms in total. The van der Waals surface area contributed by atoms with Crippen LogP contribution in [0.2, 0.25) is 5.02 Å². The van der Waals surface area contributed by atoms with Gasteiger partial charge in [-0.1, -0.05) is 23.7 Å². The number of amides is 2. The molecule has 0 aliphatic heterocycles. The second-order valence-corrected chi connectivity index (χ2v) is 7.93. The van der Waals surface area contributed by atoms with Crippen molar-refractivity contribution in [1.29, 1.82) is 0 Å². The number of anilines is 2. The molecule has 0 saturated heterocycles. The molecule has 0 saturated carbocycles. The lowest BCUT2D eigenvalue weighted by atomic mass is 10.1. The largest absolute Gasteiger partial charge is 0.326 e. The average molecular weight is 418 g/mol. The van der Waals surface area contributed by atoms with Crippen molar-refractivity contribution in [3.8, 4) is 0 Å². The number of carbonyl (C=O) groups is 2. The Morgan fingerprint density at radius 1 is 1.00 bits per heavy atom. The zero-order valence-corrected chi connectivity index (χ0v) is 16.5. The van der Waals surface area contributed by atoms with Gasteiger partial charge in [0.2, 0.25) is 11.8 Å². The first-order chi connectivity index (χ1) is 13.1. The summed E-state index contributed by atoms with van der Waals surface area (Å²) in [6.45, 7) is 0. The van der Waals surface area contributed by atoms with Crippen LogP contribution >= 0.6 is 34.7 Å². The van der Waals surface area contributed by atoms with E-state index >= 15 is 0 Å². The number of nitrogens with one attached hydrogen (secondary N) is 2. The summed E-state index contributed by atoms with van der Waals surface area (Å²) < 4.78 is 0. The van der Waals surface area contributed by atoms with Crippen molar-refractivity contribution < 1.29 is 9.59 Å². The minimum absolute atomic E-state index is 0.0967. The Morgan fingerprint density at radius 3 is 2.41 bits per heavy atom. The molecule has 0 unspecified atom stereocenters. The SMILES string of the molecule is O=C(Cc1ccc(Cl)cc1)Nc1ccc(SCC(=O)Nc2nccs2)cc1. The Kier molecular flexibility index (Phi) is 6.86. The molecule has 2 aromatic carbocycles. The van der Waals surface area contributed by atoms with Gasteiger partial charge < -0.3 is 10.6 Å². The van der Waals surface area contributed by atoms with Crippen LogP contribution < -0.4 is 10.6 Å². The molecule has 0 aliphatic rings. The van der Waals surface area contributed by atoms with Crippen LogP contribution in [-0.2, 0) is 16.0 Å². The third-order valence-electron chi connectivity index (χ3n) is 3.46. The fourth-order valence-corrected chi connectivity index (χ4v) is 3.59. The fourth-order valence-electron chi connectivity index (χ4n) is 2.22. The highest BCUT2D eigenvalue weighted by Gasteiger charge is 2.07. The lowest BCUT2D eigenvalue weighted by molar-refractivity contribution is -0.115. The molecular formula is C19H16ClN3O2S2. The maximum atomic E-state index is 12.1. The van der Waals surface area contributed by atoms with Gasteiger partial charge in [0.1, 0.15) is 0 Å². The van der Waals surface area contributed by atoms with Gasteiger partial charge in [-0.15, -0.1) is 23.1 Å². The van der Waals surface area contributed by atoms with E-state index in [0.29, 0.717) is 21.6 Å². The van der Waals surface area contributed by atoms with Crippen molar-refractivity contribution in [2.75, 3.05) is 16.4 Å². The summed E-state index contributed by atoms with van der Waals surface area (Å²) in [6, 6.07) is 14.6. The van der Waals surface area contributed by atoms with Crippen molar-refractivity contribution in [1.82, 2.24) is 4.98 Å². The van der Waals surface area contributed by atoms with Gasteiger partial charge in [-0.25, -0.2) is 4.98 Å². The molecule has 0 fully saturated rings. The lowest BCUT2D eigenvalue weighted by Gasteiger charge is -2.07. The maximum Gasteiger partial charge on any atom is 0.236 e. The van der Waals surface area contributed by atoms with Crippen LogP contribution in [0.15, 0.2) is 65.0 Å². The van der Waals surface area contributed by atoms with E-state index in [-0.39, 0.29) is 18.2 Å². The number of nitrogens with zero attached hydrogens (tertiary/aromatic N) is 1. The highest BCUT2D eigenvalue weighted by molar-refractivity contribution is 8.00. The molecule has 0 atom stereocenters. The smallest absolute Gasteiger partial charge is 0.236 e. The van der Waals surface area contributed by atoms with Crippen LogP contribution in [-0.4, -0.2) is 22.6 Å². The lowest BCUT2D eigenvalue weighted by Crippen LogP contribution is -2.14. The van der Waals surface area contributed by atoms with Gasteiger partial charge >= 0.3 is 0 Å². The molecule has 0 radical (unpaired) electrons. The van der Waals surface area contributed by atoms with Gasteiger partial charge in [-0.3, -0.25) is 9.59 Å². The van der Waals surface area contributed by atoms with E-state index in [2.05, 4.69) is 15.6 Å². The topological polar surface area (TPSA) is 71.1 Å². The van der Waals surface area contributed by atoms with Gasteiger partial charge in [0.05, 0.1) is 12.2 Å². The Hall–Kier alpha value is -2.35. The molecular weight excluding hydrogens is 402 g/mol. The standard InChI is InChI=1S/C19H16ClN3O2S2/c20-14-3-1-13(2-4-14)11-17(24)22-15-5-7-16(8-6-15)27-12-18(25)23-19-21-9-10-26-19/h1-10H,11-12H2,(H,22,24)(H,21,23,25). The van der Waals surface area contributed by atoms with Gasteiger partial charge in [0.15, 0.2) is 5.13 Å². The maximum absolute atomic E-state index is 12.1. The van der Waals surface area contributed by atoms with Crippen LogP contribution in [0.25, 0.3) is 0 Å². The van der Waals surface area contributed by atoms with E-state index in [1.54, 1.807) is 18.3 Å². The van der Waals surface area contributed by atoms with E-state index < -0.39 is 0 Å². The van der Waals surface area contributed by atoms with Crippen molar-refractivity contribution >= 4 is 57.3 Å². The summed E-state index contributed by atoms with van der Waals surface area (Å²) in [5.74, 6) is 0.0952. The van der Waals surface area contributed by atoms with Crippen LogP contribution in [0, 0.1) is 0 Å². The molecule has 138 valence electrons. The summed E-state index contributed by atoms with van der Waals surface area (Å²) >= 11 is 8.65. The Bertz CT molecular complexity index is 898. The van der Waals surface area contributed by atoms with Gasteiger partial charge in [0.25, 0.3) is 0 Å². The summed E-state index contributed by atoms with van der Waals surface area (Å²) in [6.07, 6.45) is 1.93. The first-order valence-corrected chi connectivity index (χ1v) is 10.3. The van der Waals surface area contributed by atoms with Gasteiger partial charge in [-0.05, 0) is 42.0 Å². The normalized spacial score (nSPS) is 10.4. The van der Waals surface area contributed by atoms with Crippen LogP contribution in [0.1, 0.15) is 5.56 Å². The van der Waals surface area contributed by atoms with Crippen LogP contribution in [0.4, 0.5) is 10.8 Å². The molecule has 27 heavy (non-hydrogen) atoms. The Balaban J connectivity index is 1.45. The summed E-state index contributed by atoms with van der Waals surface area (Å²) in [5.41, 5.74) is 1.61. The molecule has 1 heterocycles. The number of rotatable bonds is 7. The molecule has 8 heteroatoms. The number of hydrogen-bond donors (Lipinski definition) is 2. The molecule has 0 bridgehead atoms. The van der Waals surface area contributed by atoms with E-state index in [0.717, 1.165) is 10.5 Å². The average Bonchev–Trinajstić information content (AvgIpc) is 3.16. The predicted molar refractivity (Wildman–Crippen MR) is 112 cm³/mol. The fraction of sp³-hybridized carbons (Fsp3) is 0.105. The van der Waals surface area contributed by atoms with Crippen molar-refractivity contribution in [2.45, 2.75) is 11.3 Å². The van der Waals surface area contributed by atoms with E-state index in [1.165, 1.54) is 23.1 Å². The molecule has 2 amide bonds. The van der Waals surface area contributed by atoms with Crippen molar-refractivity contribution in [2.24, 2.45) is 0 Å². The van der Waals surface area contributed by atoms with Crippen molar-refractivity contribution in [3.05, 3.63) is 70.7 Å².